The van der Waals surface area contributed by atoms with E-state index in [2.05, 4.69) is 10.3 Å². The molecular weight excluding hydrogens is 327 g/mol. The number of hydrogen-bond acceptors (Lipinski definition) is 4. The lowest BCUT2D eigenvalue weighted by atomic mass is 10.1. The van der Waals surface area contributed by atoms with Crippen molar-refractivity contribution in [1.82, 2.24) is 9.55 Å². The zero-order chi connectivity index (χ0) is 18.1. The Morgan fingerprint density at radius 3 is 2.46 bits per heavy atom. The molecule has 1 heterocycles. The number of benzene rings is 1. The number of esters is 1. The number of amides is 1. The van der Waals surface area contributed by atoms with Crippen molar-refractivity contribution in [2.24, 2.45) is 7.05 Å². The second-order valence-corrected chi connectivity index (χ2v) is 5.14. The number of aromatic nitrogens is 2. The molecule has 0 radical (unpaired) electrons. The minimum atomic E-state index is -4.62. The van der Waals surface area contributed by atoms with Crippen molar-refractivity contribution in [2.75, 3.05) is 5.32 Å². The summed E-state index contributed by atoms with van der Waals surface area (Å²) < 4.78 is 43.8. The molecule has 0 saturated heterocycles. The average molecular weight is 341 g/mol. The van der Waals surface area contributed by atoms with E-state index < -0.39 is 23.9 Å². The van der Waals surface area contributed by atoms with E-state index >= 15 is 0 Å². The molecule has 0 aliphatic carbocycles. The van der Waals surface area contributed by atoms with Crippen LogP contribution in [0.5, 0.6) is 5.75 Å². The summed E-state index contributed by atoms with van der Waals surface area (Å²) in [7, 11) is 1.18. The van der Waals surface area contributed by atoms with Crippen LogP contribution < -0.4 is 10.1 Å². The molecule has 1 aromatic heterocycles. The number of alkyl halides is 3. The number of ether oxygens (including phenoxy) is 1. The molecule has 1 amide bonds. The standard InChI is InChI=1S/C15H14F3N3O3/c1-8-4-10(6-11(5-8)24-9(2)22)13(23)19-12-7-21(3)14(20-12)15(16,17)18/h4-7H,1-3H3,(H,19,23). The fourth-order valence-electron chi connectivity index (χ4n) is 2.08. The van der Waals surface area contributed by atoms with Crippen LogP contribution in [0.2, 0.25) is 0 Å². The van der Waals surface area contributed by atoms with Crippen LogP contribution in [-0.2, 0) is 18.0 Å². The lowest BCUT2D eigenvalue weighted by Gasteiger charge is -2.07. The lowest BCUT2D eigenvalue weighted by molar-refractivity contribution is -0.146. The van der Waals surface area contributed by atoms with Gasteiger partial charge in [0.1, 0.15) is 5.75 Å². The Morgan fingerprint density at radius 2 is 1.92 bits per heavy atom. The highest BCUT2D eigenvalue weighted by atomic mass is 19.4. The Labute approximate surface area is 135 Å². The topological polar surface area (TPSA) is 73.2 Å². The molecule has 6 nitrogen and oxygen atoms in total. The van der Waals surface area contributed by atoms with Gasteiger partial charge < -0.3 is 14.6 Å². The zero-order valence-corrected chi connectivity index (χ0v) is 13.1. The van der Waals surface area contributed by atoms with E-state index in [4.69, 9.17) is 4.74 Å². The van der Waals surface area contributed by atoms with Gasteiger partial charge in [0.15, 0.2) is 5.82 Å². The smallest absolute Gasteiger partial charge is 0.427 e. The molecule has 0 atom stereocenters. The van der Waals surface area contributed by atoms with Crippen LogP contribution in [0.1, 0.15) is 28.7 Å². The Morgan fingerprint density at radius 1 is 1.25 bits per heavy atom. The number of hydrogen-bond donors (Lipinski definition) is 1. The molecule has 1 N–H and O–H groups in total. The van der Waals surface area contributed by atoms with Crippen LogP contribution in [0.4, 0.5) is 19.0 Å². The van der Waals surface area contributed by atoms with Crippen LogP contribution in [0.25, 0.3) is 0 Å². The van der Waals surface area contributed by atoms with Gasteiger partial charge in [-0.1, -0.05) is 0 Å². The maximum atomic E-state index is 12.7. The summed E-state index contributed by atoms with van der Waals surface area (Å²) in [4.78, 5) is 26.5. The SMILES string of the molecule is CC(=O)Oc1cc(C)cc(C(=O)Nc2cn(C)c(C(F)(F)F)n2)c1. The first kappa shape index (κ1) is 17.5. The zero-order valence-electron chi connectivity index (χ0n) is 13.1. The summed E-state index contributed by atoms with van der Waals surface area (Å²) in [5, 5.41) is 2.29. The van der Waals surface area contributed by atoms with Gasteiger partial charge in [-0.2, -0.15) is 13.2 Å². The van der Waals surface area contributed by atoms with Gasteiger partial charge in [-0.15, -0.1) is 0 Å². The summed E-state index contributed by atoms with van der Waals surface area (Å²) in [6.07, 6.45) is -3.56. The van der Waals surface area contributed by atoms with E-state index in [1.165, 1.54) is 26.1 Å². The molecule has 0 fully saturated rings. The molecule has 1 aromatic carbocycles. The van der Waals surface area contributed by atoms with E-state index in [0.29, 0.717) is 5.56 Å². The number of aryl methyl sites for hydroxylation is 2. The highest BCUT2D eigenvalue weighted by Gasteiger charge is 2.36. The fourth-order valence-corrected chi connectivity index (χ4v) is 2.08. The number of anilines is 1. The Hall–Kier alpha value is -2.84. The van der Waals surface area contributed by atoms with Crippen molar-refractivity contribution in [1.29, 1.82) is 0 Å². The van der Waals surface area contributed by atoms with Gasteiger partial charge in [0.2, 0.25) is 5.82 Å². The van der Waals surface area contributed by atoms with E-state index in [9.17, 15) is 22.8 Å². The summed E-state index contributed by atoms with van der Waals surface area (Å²) in [6.45, 7) is 2.90. The maximum Gasteiger partial charge on any atom is 0.449 e. The van der Waals surface area contributed by atoms with Gasteiger partial charge in [-0.25, -0.2) is 4.98 Å². The van der Waals surface area contributed by atoms with Crippen LogP contribution in [-0.4, -0.2) is 21.4 Å². The van der Waals surface area contributed by atoms with Crippen LogP contribution >= 0.6 is 0 Å². The second kappa shape index (κ2) is 6.34. The summed E-state index contributed by atoms with van der Waals surface area (Å²) >= 11 is 0. The third-order valence-corrected chi connectivity index (χ3v) is 2.95. The van der Waals surface area contributed by atoms with Gasteiger partial charge in [0.25, 0.3) is 5.91 Å². The van der Waals surface area contributed by atoms with Crippen molar-refractivity contribution in [3.05, 3.63) is 41.3 Å². The van der Waals surface area contributed by atoms with Gasteiger partial charge in [-0.3, -0.25) is 9.59 Å². The highest BCUT2D eigenvalue weighted by molar-refractivity contribution is 6.04. The van der Waals surface area contributed by atoms with E-state index in [1.54, 1.807) is 13.0 Å². The Bertz CT molecular complexity index is 797. The molecule has 2 rings (SSSR count). The molecule has 2 aromatic rings. The summed E-state index contributed by atoms with van der Waals surface area (Å²) in [5.41, 5.74) is 0.779. The van der Waals surface area contributed by atoms with Crippen molar-refractivity contribution >= 4 is 17.7 Å². The quantitative estimate of drug-likeness (QED) is 0.688. The first-order chi connectivity index (χ1) is 11.1. The van der Waals surface area contributed by atoms with E-state index in [-0.39, 0.29) is 17.1 Å². The number of imidazole rings is 1. The van der Waals surface area contributed by atoms with Crippen molar-refractivity contribution in [3.63, 3.8) is 0 Å². The number of carbonyl (C=O) groups is 2. The monoisotopic (exact) mass is 341 g/mol. The van der Waals surface area contributed by atoms with E-state index in [1.807, 2.05) is 0 Å². The van der Waals surface area contributed by atoms with Crippen LogP contribution in [0.15, 0.2) is 24.4 Å². The van der Waals surface area contributed by atoms with Crippen LogP contribution in [0, 0.1) is 6.92 Å². The van der Waals surface area contributed by atoms with Gasteiger partial charge in [0, 0.05) is 25.7 Å². The predicted molar refractivity (Wildman–Crippen MR) is 78.7 cm³/mol. The van der Waals surface area contributed by atoms with Crippen molar-refractivity contribution in [3.8, 4) is 5.75 Å². The predicted octanol–water partition coefficient (Wildman–Crippen LogP) is 2.92. The molecule has 0 aliphatic rings. The van der Waals surface area contributed by atoms with Crippen molar-refractivity contribution < 1.29 is 27.5 Å². The number of halogens is 3. The molecule has 0 spiro atoms. The largest absolute Gasteiger partial charge is 0.449 e. The molecular formula is C15H14F3N3O3. The first-order valence-electron chi connectivity index (χ1n) is 6.78. The number of carbonyl (C=O) groups excluding carboxylic acids is 2. The Kier molecular flexibility index (Phi) is 4.63. The fraction of sp³-hybridized carbons (Fsp3) is 0.267. The number of rotatable bonds is 3. The normalized spacial score (nSPS) is 11.2. The minimum Gasteiger partial charge on any atom is -0.427 e. The molecule has 0 aliphatic heterocycles. The lowest BCUT2D eigenvalue weighted by Crippen LogP contribution is -2.14. The second-order valence-electron chi connectivity index (χ2n) is 5.14. The van der Waals surface area contributed by atoms with Gasteiger partial charge in [0.05, 0.1) is 0 Å². The Balaban J connectivity index is 2.24. The molecule has 0 saturated carbocycles. The molecule has 24 heavy (non-hydrogen) atoms. The van der Waals surface area contributed by atoms with E-state index in [0.717, 1.165) is 10.8 Å². The number of nitrogens with one attached hydrogen (secondary N) is 1. The third kappa shape index (κ3) is 4.12. The highest BCUT2D eigenvalue weighted by Crippen LogP contribution is 2.29. The summed E-state index contributed by atoms with van der Waals surface area (Å²) in [6, 6.07) is 4.38. The number of nitrogens with zero attached hydrogens (tertiary/aromatic N) is 2. The van der Waals surface area contributed by atoms with Crippen LogP contribution in [0.3, 0.4) is 0 Å². The third-order valence-electron chi connectivity index (χ3n) is 2.95. The average Bonchev–Trinajstić information content (AvgIpc) is 2.78. The molecule has 0 unspecified atom stereocenters. The summed E-state index contributed by atoms with van der Waals surface area (Å²) in [5.74, 6) is -2.40. The maximum absolute atomic E-state index is 12.7. The first-order valence-corrected chi connectivity index (χ1v) is 6.78. The molecule has 0 bridgehead atoms. The molecule has 9 heteroatoms. The van der Waals surface area contributed by atoms with Crippen molar-refractivity contribution in [2.45, 2.75) is 20.0 Å². The molecule has 128 valence electrons. The van der Waals surface area contributed by atoms with Gasteiger partial charge >= 0.3 is 12.1 Å². The van der Waals surface area contributed by atoms with Gasteiger partial charge in [-0.05, 0) is 30.7 Å². The minimum absolute atomic E-state index is 0.130.